The van der Waals surface area contributed by atoms with Gasteiger partial charge in [0.1, 0.15) is 17.2 Å². The normalized spacial score (nSPS) is 12.0. The molecule has 230 valence electrons. The lowest BCUT2D eigenvalue weighted by molar-refractivity contribution is 0.271. The third kappa shape index (κ3) is 7.15. The first-order valence-electron chi connectivity index (χ1n) is 15.5. The van der Waals surface area contributed by atoms with Crippen molar-refractivity contribution in [1.29, 1.82) is 0 Å². The molecule has 0 radical (unpaired) electrons. The highest BCUT2D eigenvalue weighted by molar-refractivity contribution is 7.15. The van der Waals surface area contributed by atoms with Crippen LogP contribution in [0.4, 0.5) is 0 Å². The Hall–Kier alpha value is -4.76. The highest BCUT2D eigenvalue weighted by Gasteiger charge is 2.15. The van der Waals surface area contributed by atoms with E-state index in [1.165, 1.54) is 35.1 Å². The van der Waals surface area contributed by atoms with Crippen LogP contribution in [0, 0.1) is 5.92 Å². The van der Waals surface area contributed by atoms with Crippen LogP contribution in [-0.2, 0) is 0 Å². The summed E-state index contributed by atoms with van der Waals surface area (Å²) in [6, 6.07) is 25.6. The van der Waals surface area contributed by atoms with Gasteiger partial charge < -0.3 is 9.47 Å². The van der Waals surface area contributed by atoms with Crippen LogP contribution in [0.5, 0.6) is 11.5 Å². The molecule has 0 atom stereocenters. The van der Waals surface area contributed by atoms with Crippen LogP contribution in [0.2, 0.25) is 0 Å². The van der Waals surface area contributed by atoms with Gasteiger partial charge in [-0.15, -0.1) is 5.10 Å². The predicted molar refractivity (Wildman–Crippen MR) is 180 cm³/mol. The highest BCUT2D eigenvalue weighted by atomic mass is 32.1. The fraction of sp³-hybridized carbons (Fsp3) is 0.278. The summed E-state index contributed by atoms with van der Waals surface area (Å²) in [4.78, 5) is 18.7. The molecule has 6 aromatic rings. The summed E-state index contributed by atoms with van der Waals surface area (Å²) in [7, 11) is 0. The van der Waals surface area contributed by atoms with Crippen molar-refractivity contribution >= 4 is 22.4 Å². The molecule has 3 aromatic heterocycles. The lowest BCUT2D eigenvalue weighted by Gasteiger charge is -2.09. The van der Waals surface area contributed by atoms with Gasteiger partial charge in [-0.2, -0.15) is 14.6 Å². The van der Waals surface area contributed by atoms with Crippen LogP contribution in [0.15, 0.2) is 89.9 Å². The Morgan fingerprint density at radius 2 is 1.56 bits per heavy atom. The fourth-order valence-corrected chi connectivity index (χ4v) is 5.82. The van der Waals surface area contributed by atoms with Crippen LogP contribution in [0.25, 0.3) is 39.4 Å². The average Bonchev–Trinajstić information content (AvgIpc) is 3.76. The van der Waals surface area contributed by atoms with Gasteiger partial charge in [-0.3, -0.25) is 4.79 Å². The first-order chi connectivity index (χ1) is 22.0. The van der Waals surface area contributed by atoms with Crippen LogP contribution in [0.1, 0.15) is 52.0 Å². The van der Waals surface area contributed by atoms with E-state index in [2.05, 4.69) is 30.9 Å². The number of benzene rings is 3. The number of nitrogens with zero attached hydrogens (tertiary/aromatic N) is 5. The quantitative estimate of drug-likeness (QED) is 0.127. The minimum Gasteiger partial charge on any atom is -0.494 e. The molecule has 3 heterocycles. The lowest BCUT2D eigenvalue weighted by Crippen LogP contribution is -2.23. The number of fused-ring (bicyclic) bond motifs is 1. The first-order valence-corrected chi connectivity index (χ1v) is 16.3. The molecule has 6 rings (SSSR count). The Morgan fingerprint density at radius 3 is 2.24 bits per heavy atom. The number of ether oxygens (including phenoxy) is 2. The van der Waals surface area contributed by atoms with Crippen molar-refractivity contribution in [3.8, 4) is 39.8 Å². The molecule has 0 fully saturated rings. The monoisotopic (exact) mass is 619 g/mol. The Morgan fingerprint density at radius 1 is 0.844 bits per heavy atom. The number of thiazole rings is 1. The van der Waals surface area contributed by atoms with E-state index in [0.717, 1.165) is 46.0 Å². The van der Waals surface area contributed by atoms with E-state index in [1.54, 1.807) is 0 Å². The number of hydrogen-bond donors (Lipinski definition) is 0. The molecule has 3 aromatic carbocycles. The molecule has 0 aliphatic carbocycles. The van der Waals surface area contributed by atoms with E-state index >= 15 is 0 Å². The van der Waals surface area contributed by atoms with E-state index in [4.69, 9.17) is 14.6 Å². The third-order valence-corrected chi connectivity index (χ3v) is 8.28. The minimum atomic E-state index is -0.211. The zero-order valence-electron chi connectivity index (χ0n) is 25.8. The molecular weight excluding hydrogens is 582 g/mol. The standard InChI is InChI=1S/C36H37N5O3S/c1-4-5-6-10-21-43-30-19-15-27(16-20-30)34-37-36-41(39-34)35(42)32(45-36)22-28-23-40(29-11-8-7-9-12-29)38-33(28)26-13-17-31(18-14-26)44-24-25(2)3/h7-9,11-20,22-23,25H,4-6,10,21,24H2,1-3H3/b32-22-. The number of unbranched alkanes of at least 4 members (excludes halogenated alkanes) is 3. The van der Waals surface area contributed by atoms with E-state index in [1.807, 2.05) is 95.8 Å². The summed E-state index contributed by atoms with van der Waals surface area (Å²) in [5, 5.41) is 9.46. The molecule has 45 heavy (non-hydrogen) atoms. The molecule has 0 bridgehead atoms. The second-order valence-corrected chi connectivity index (χ2v) is 12.4. The smallest absolute Gasteiger partial charge is 0.291 e. The van der Waals surface area contributed by atoms with Crippen molar-refractivity contribution < 1.29 is 9.47 Å². The van der Waals surface area contributed by atoms with Crippen LogP contribution < -0.4 is 19.6 Å². The Balaban J connectivity index is 1.28. The van der Waals surface area contributed by atoms with Crippen molar-refractivity contribution in [1.82, 2.24) is 24.4 Å². The van der Waals surface area contributed by atoms with Gasteiger partial charge >= 0.3 is 0 Å². The third-order valence-electron chi connectivity index (χ3n) is 7.32. The van der Waals surface area contributed by atoms with Gasteiger partial charge in [0.05, 0.1) is 23.4 Å². The number of hydrogen-bond acceptors (Lipinski definition) is 7. The van der Waals surface area contributed by atoms with Crippen molar-refractivity contribution in [2.75, 3.05) is 13.2 Å². The molecule has 0 aliphatic heterocycles. The molecule has 0 saturated heterocycles. The van der Waals surface area contributed by atoms with Crippen LogP contribution >= 0.6 is 11.3 Å². The second kappa shape index (κ2) is 13.9. The van der Waals surface area contributed by atoms with Gasteiger partial charge in [0.15, 0.2) is 5.82 Å². The Kier molecular flexibility index (Phi) is 9.35. The first kappa shape index (κ1) is 30.3. The fourth-order valence-electron chi connectivity index (χ4n) is 4.92. The van der Waals surface area contributed by atoms with Crippen molar-refractivity contribution in [3.63, 3.8) is 0 Å². The molecule has 0 unspecified atom stereocenters. The number of para-hydroxylation sites is 1. The van der Waals surface area contributed by atoms with E-state index < -0.39 is 0 Å². The minimum absolute atomic E-state index is 0.211. The van der Waals surface area contributed by atoms with Crippen molar-refractivity contribution in [2.24, 2.45) is 5.92 Å². The van der Waals surface area contributed by atoms with Crippen LogP contribution in [0.3, 0.4) is 0 Å². The summed E-state index contributed by atoms with van der Waals surface area (Å²) >= 11 is 1.32. The topological polar surface area (TPSA) is 83.5 Å². The summed E-state index contributed by atoms with van der Waals surface area (Å²) in [6.07, 6.45) is 8.49. The summed E-state index contributed by atoms with van der Waals surface area (Å²) in [5.41, 5.74) is 4.06. The van der Waals surface area contributed by atoms with E-state index in [9.17, 15) is 4.79 Å². The second-order valence-electron chi connectivity index (χ2n) is 11.4. The molecule has 8 nitrogen and oxygen atoms in total. The largest absolute Gasteiger partial charge is 0.494 e. The SMILES string of the molecule is CCCCCCOc1ccc(-c2nc3s/c(=C\c4cn(-c5ccccc5)nc4-c4ccc(OCC(C)C)cc4)c(=O)n3n2)cc1. The summed E-state index contributed by atoms with van der Waals surface area (Å²) < 4.78 is 15.5. The maximum atomic E-state index is 13.5. The average molecular weight is 620 g/mol. The maximum Gasteiger partial charge on any atom is 0.291 e. The van der Waals surface area contributed by atoms with E-state index in [-0.39, 0.29) is 5.56 Å². The lowest BCUT2D eigenvalue weighted by atomic mass is 10.1. The van der Waals surface area contributed by atoms with Gasteiger partial charge in [-0.25, -0.2) is 4.68 Å². The van der Waals surface area contributed by atoms with Crippen molar-refractivity contribution in [2.45, 2.75) is 46.5 Å². The number of aromatic nitrogens is 5. The molecule has 0 N–H and O–H groups in total. The molecule has 0 amide bonds. The zero-order valence-corrected chi connectivity index (χ0v) is 26.7. The van der Waals surface area contributed by atoms with Gasteiger partial charge in [-0.1, -0.05) is 69.6 Å². The Bertz CT molecular complexity index is 1960. The Labute approximate surface area is 266 Å². The van der Waals surface area contributed by atoms with Gasteiger partial charge in [-0.05, 0) is 79.1 Å². The molecule has 0 spiro atoms. The molecular formula is C36H37N5O3S. The van der Waals surface area contributed by atoms with Gasteiger partial charge in [0.2, 0.25) is 4.96 Å². The number of rotatable bonds is 13. The van der Waals surface area contributed by atoms with Gasteiger partial charge in [0.25, 0.3) is 5.56 Å². The highest BCUT2D eigenvalue weighted by Crippen LogP contribution is 2.27. The summed E-state index contributed by atoms with van der Waals surface area (Å²) in [5.74, 6) is 2.59. The predicted octanol–water partition coefficient (Wildman–Crippen LogP) is 7.21. The van der Waals surface area contributed by atoms with Crippen LogP contribution in [-0.4, -0.2) is 37.6 Å². The van der Waals surface area contributed by atoms with Gasteiger partial charge in [0, 0.05) is 22.9 Å². The molecule has 9 heteroatoms. The maximum absolute atomic E-state index is 13.5. The van der Waals surface area contributed by atoms with Crippen molar-refractivity contribution in [3.05, 3.63) is 106 Å². The van der Waals surface area contributed by atoms with E-state index in [0.29, 0.717) is 34.4 Å². The molecule has 0 saturated carbocycles. The summed E-state index contributed by atoms with van der Waals surface area (Å²) in [6.45, 7) is 7.81. The zero-order chi connectivity index (χ0) is 31.2. The molecule has 0 aliphatic rings.